The van der Waals surface area contributed by atoms with Crippen LogP contribution in [0.5, 0.6) is 0 Å². The van der Waals surface area contributed by atoms with Gasteiger partial charge in [-0.2, -0.15) is 0 Å². The summed E-state index contributed by atoms with van der Waals surface area (Å²) in [6.45, 7) is 3.34. The van der Waals surface area contributed by atoms with Gasteiger partial charge in [0, 0.05) is 13.2 Å². The number of ether oxygens (including phenoxy) is 1. The summed E-state index contributed by atoms with van der Waals surface area (Å²) in [4.78, 5) is 0.326. The van der Waals surface area contributed by atoms with Gasteiger partial charge in [0.05, 0.1) is 17.3 Å². The van der Waals surface area contributed by atoms with Crippen molar-refractivity contribution in [2.45, 2.75) is 37.6 Å². The Morgan fingerprint density at radius 3 is 2.68 bits per heavy atom. The van der Waals surface area contributed by atoms with Crippen LogP contribution in [0.2, 0.25) is 0 Å². The molecule has 1 aromatic rings. The second-order valence-corrected chi connectivity index (χ2v) is 6.60. The van der Waals surface area contributed by atoms with Crippen LogP contribution in [0.4, 0.5) is 0 Å². The quantitative estimate of drug-likeness (QED) is 0.706. The molecular weight excluding hydrogens is 262 g/mol. The molecule has 0 bridgehead atoms. The van der Waals surface area contributed by atoms with E-state index in [1.54, 1.807) is 18.2 Å². The highest BCUT2D eigenvalue weighted by atomic mass is 32.2. The molecule has 0 spiro atoms. The van der Waals surface area contributed by atoms with Gasteiger partial charge in [0.25, 0.3) is 0 Å². The minimum atomic E-state index is -3.27. The van der Waals surface area contributed by atoms with Gasteiger partial charge in [-0.15, -0.1) is 0 Å². The van der Waals surface area contributed by atoms with E-state index in [1.807, 2.05) is 6.07 Å². The van der Waals surface area contributed by atoms with Crippen LogP contribution in [0.25, 0.3) is 0 Å². The Morgan fingerprint density at radius 1 is 1.21 bits per heavy atom. The molecule has 0 saturated heterocycles. The molecule has 5 heteroatoms. The molecule has 0 saturated carbocycles. The van der Waals surface area contributed by atoms with Gasteiger partial charge in [0.1, 0.15) is 0 Å². The van der Waals surface area contributed by atoms with E-state index in [2.05, 4.69) is 6.92 Å². The first-order valence-corrected chi connectivity index (χ1v) is 8.35. The number of unbranched alkanes of at least 4 members (excludes halogenated alkanes) is 2. The van der Waals surface area contributed by atoms with E-state index in [0.29, 0.717) is 18.0 Å². The minimum Gasteiger partial charge on any atom is -0.380 e. The zero-order valence-corrected chi connectivity index (χ0v) is 12.3. The minimum absolute atomic E-state index is 0.0210. The SMILES string of the molecule is CCCCCOCCS(=O)(=O)c1cccc(CN)c1. The number of nitrogens with two attached hydrogens (primary N) is 1. The maximum absolute atomic E-state index is 12.1. The van der Waals surface area contributed by atoms with Crippen molar-refractivity contribution in [3.63, 3.8) is 0 Å². The summed E-state index contributed by atoms with van der Waals surface area (Å²) < 4.78 is 29.5. The van der Waals surface area contributed by atoms with E-state index in [0.717, 1.165) is 24.8 Å². The van der Waals surface area contributed by atoms with Crippen LogP contribution in [0.15, 0.2) is 29.2 Å². The van der Waals surface area contributed by atoms with E-state index in [4.69, 9.17) is 10.5 Å². The number of rotatable bonds is 9. The van der Waals surface area contributed by atoms with E-state index in [-0.39, 0.29) is 12.4 Å². The zero-order chi connectivity index (χ0) is 14.1. The summed E-state index contributed by atoms with van der Waals surface area (Å²) >= 11 is 0. The lowest BCUT2D eigenvalue weighted by Gasteiger charge is -2.07. The van der Waals surface area contributed by atoms with Crippen molar-refractivity contribution in [1.82, 2.24) is 0 Å². The maximum Gasteiger partial charge on any atom is 0.180 e. The molecule has 0 atom stereocenters. The Labute approximate surface area is 115 Å². The molecular formula is C14H23NO3S. The van der Waals surface area contributed by atoms with Crippen molar-refractivity contribution < 1.29 is 13.2 Å². The van der Waals surface area contributed by atoms with Gasteiger partial charge in [-0.1, -0.05) is 31.9 Å². The molecule has 0 aromatic heterocycles. The van der Waals surface area contributed by atoms with Gasteiger partial charge < -0.3 is 10.5 Å². The van der Waals surface area contributed by atoms with Crippen LogP contribution in [0.3, 0.4) is 0 Å². The predicted molar refractivity (Wildman–Crippen MR) is 76.7 cm³/mol. The lowest BCUT2D eigenvalue weighted by Crippen LogP contribution is -2.13. The molecule has 0 heterocycles. The maximum atomic E-state index is 12.1. The van der Waals surface area contributed by atoms with E-state index in [9.17, 15) is 8.42 Å². The van der Waals surface area contributed by atoms with Crippen molar-refractivity contribution in [3.8, 4) is 0 Å². The lowest BCUT2D eigenvalue weighted by atomic mass is 10.2. The van der Waals surface area contributed by atoms with E-state index < -0.39 is 9.84 Å². The molecule has 108 valence electrons. The summed E-state index contributed by atoms with van der Waals surface area (Å²) in [5, 5.41) is 0. The summed E-state index contributed by atoms with van der Waals surface area (Å²) in [6.07, 6.45) is 3.23. The molecule has 4 nitrogen and oxygen atoms in total. The molecule has 0 amide bonds. The van der Waals surface area contributed by atoms with Crippen LogP contribution in [-0.4, -0.2) is 27.4 Å². The highest BCUT2D eigenvalue weighted by Gasteiger charge is 2.14. The van der Waals surface area contributed by atoms with Gasteiger partial charge in [0.15, 0.2) is 9.84 Å². The second kappa shape index (κ2) is 8.30. The van der Waals surface area contributed by atoms with Crippen molar-refractivity contribution in [2.75, 3.05) is 19.0 Å². The third-order valence-electron chi connectivity index (χ3n) is 2.88. The monoisotopic (exact) mass is 285 g/mol. The third-order valence-corrected chi connectivity index (χ3v) is 4.56. The molecule has 0 unspecified atom stereocenters. The fraction of sp³-hybridized carbons (Fsp3) is 0.571. The van der Waals surface area contributed by atoms with E-state index >= 15 is 0 Å². The molecule has 1 rings (SSSR count). The number of sulfone groups is 1. The first-order chi connectivity index (χ1) is 9.10. The first kappa shape index (κ1) is 16.1. The summed E-state index contributed by atoms with van der Waals surface area (Å²) in [5.41, 5.74) is 6.33. The molecule has 1 aromatic carbocycles. The van der Waals surface area contributed by atoms with Gasteiger partial charge in [-0.25, -0.2) is 8.42 Å². The molecule has 0 aliphatic heterocycles. The number of hydrogen-bond donors (Lipinski definition) is 1. The van der Waals surface area contributed by atoms with E-state index in [1.165, 1.54) is 0 Å². The Kier molecular flexibility index (Phi) is 7.05. The summed E-state index contributed by atoms with van der Waals surface area (Å²) in [6, 6.07) is 6.77. The zero-order valence-electron chi connectivity index (χ0n) is 11.5. The highest BCUT2D eigenvalue weighted by Crippen LogP contribution is 2.13. The molecule has 0 aliphatic rings. The lowest BCUT2D eigenvalue weighted by molar-refractivity contribution is 0.144. The molecule has 0 radical (unpaired) electrons. The first-order valence-electron chi connectivity index (χ1n) is 6.69. The molecule has 0 aliphatic carbocycles. The Balaban J connectivity index is 2.46. The molecule has 0 fully saturated rings. The normalized spacial score (nSPS) is 11.7. The van der Waals surface area contributed by atoms with Crippen LogP contribution < -0.4 is 5.73 Å². The van der Waals surface area contributed by atoms with Gasteiger partial charge in [0.2, 0.25) is 0 Å². The molecule has 2 N–H and O–H groups in total. The van der Waals surface area contributed by atoms with Crippen molar-refractivity contribution in [2.24, 2.45) is 5.73 Å². The predicted octanol–water partition coefficient (Wildman–Crippen LogP) is 2.13. The fourth-order valence-corrected chi connectivity index (χ4v) is 2.90. The largest absolute Gasteiger partial charge is 0.380 e. The van der Waals surface area contributed by atoms with Crippen molar-refractivity contribution in [3.05, 3.63) is 29.8 Å². The smallest absolute Gasteiger partial charge is 0.180 e. The number of benzene rings is 1. The van der Waals surface area contributed by atoms with Crippen molar-refractivity contribution in [1.29, 1.82) is 0 Å². The summed E-state index contributed by atoms with van der Waals surface area (Å²) in [7, 11) is -3.27. The molecule has 19 heavy (non-hydrogen) atoms. The Hall–Kier alpha value is -0.910. The standard InChI is InChI=1S/C14H23NO3S/c1-2-3-4-8-18-9-10-19(16,17)14-7-5-6-13(11-14)12-15/h5-7,11H,2-4,8-10,12,15H2,1H3. The average Bonchev–Trinajstić information content (AvgIpc) is 2.43. The van der Waals surface area contributed by atoms with Crippen molar-refractivity contribution >= 4 is 9.84 Å². The fourth-order valence-electron chi connectivity index (χ4n) is 1.71. The van der Waals surface area contributed by atoms with Crippen LogP contribution in [0.1, 0.15) is 31.7 Å². The van der Waals surface area contributed by atoms with Gasteiger partial charge >= 0.3 is 0 Å². The van der Waals surface area contributed by atoms with Crippen LogP contribution >= 0.6 is 0 Å². The highest BCUT2D eigenvalue weighted by molar-refractivity contribution is 7.91. The third kappa shape index (κ3) is 5.72. The van der Waals surface area contributed by atoms with Gasteiger partial charge in [-0.05, 0) is 24.1 Å². The van der Waals surface area contributed by atoms with Crippen LogP contribution in [0, 0.1) is 0 Å². The summed E-state index contributed by atoms with van der Waals surface area (Å²) in [5.74, 6) is 0.0210. The Bertz CT molecular complexity index is 471. The topological polar surface area (TPSA) is 69.4 Å². The van der Waals surface area contributed by atoms with Gasteiger partial charge in [-0.3, -0.25) is 0 Å². The average molecular weight is 285 g/mol. The van der Waals surface area contributed by atoms with Crippen LogP contribution in [-0.2, 0) is 21.1 Å². The number of hydrogen-bond acceptors (Lipinski definition) is 4. The Morgan fingerprint density at radius 2 is 2.00 bits per heavy atom. The second-order valence-electron chi connectivity index (χ2n) is 4.49.